The van der Waals surface area contributed by atoms with Crippen LogP contribution in [0.4, 0.5) is 4.39 Å². The van der Waals surface area contributed by atoms with Crippen molar-refractivity contribution in [3.05, 3.63) is 65.5 Å². The van der Waals surface area contributed by atoms with Gasteiger partial charge in [-0.05, 0) is 55.5 Å². The van der Waals surface area contributed by atoms with Crippen molar-refractivity contribution < 1.29 is 13.9 Å². The minimum absolute atomic E-state index is 0.111. The van der Waals surface area contributed by atoms with Crippen molar-refractivity contribution in [2.24, 2.45) is 5.92 Å². The van der Waals surface area contributed by atoms with Gasteiger partial charge >= 0.3 is 0 Å². The predicted octanol–water partition coefficient (Wildman–Crippen LogP) is 4.96. The van der Waals surface area contributed by atoms with Gasteiger partial charge in [-0.3, -0.25) is 4.79 Å². The van der Waals surface area contributed by atoms with Crippen molar-refractivity contribution in [3.63, 3.8) is 0 Å². The van der Waals surface area contributed by atoms with E-state index in [1.165, 1.54) is 12.1 Å². The number of ether oxygens (including phenoxy) is 1. The zero-order chi connectivity index (χ0) is 18.2. The van der Waals surface area contributed by atoms with Gasteiger partial charge in [-0.2, -0.15) is 0 Å². The number of carbonyl (C=O) groups excluding carboxylic acids is 1. The Morgan fingerprint density at radius 3 is 2.40 bits per heavy atom. The van der Waals surface area contributed by atoms with E-state index in [2.05, 4.69) is 19.2 Å². The molecule has 0 saturated heterocycles. The fraction of sp³-hybridized carbons (Fsp3) is 0.381. The summed E-state index contributed by atoms with van der Waals surface area (Å²) in [6.45, 7) is 6.65. The van der Waals surface area contributed by atoms with Crippen LogP contribution in [0.15, 0.2) is 48.5 Å². The van der Waals surface area contributed by atoms with Crippen LogP contribution in [0.2, 0.25) is 0 Å². The average Bonchev–Trinajstić information content (AvgIpc) is 2.59. The number of nitrogens with one attached hydrogen (secondary N) is 1. The highest BCUT2D eigenvalue weighted by Crippen LogP contribution is 2.20. The Morgan fingerprint density at radius 2 is 1.72 bits per heavy atom. The summed E-state index contributed by atoms with van der Waals surface area (Å²) in [5, 5.41) is 3.03. The molecule has 2 rings (SSSR count). The lowest BCUT2D eigenvalue weighted by atomic mass is 10.0. The van der Waals surface area contributed by atoms with E-state index in [0.29, 0.717) is 17.2 Å². The van der Waals surface area contributed by atoms with E-state index in [1.807, 2.05) is 19.1 Å². The average molecular weight is 343 g/mol. The molecule has 0 aliphatic rings. The van der Waals surface area contributed by atoms with E-state index in [4.69, 9.17) is 4.74 Å². The molecule has 0 aromatic heterocycles. The van der Waals surface area contributed by atoms with Crippen LogP contribution in [0.3, 0.4) is 0 Å². The molecule has 25 heavy (non-hydrogen) atoms. The molecule has 0 heterocycles. The molecule has 1 N–H and O–H groups in total. The number of rotatable bonds is 8. The van der Waals surface area contributed by atoms with E-state index in [9.17, 15) is 9.18 Å². The number of hydrogen-bond donors (Lipinski definition) is 1. The maximum atomic E-state index is 13.0. The minimum atomic E-state index is -0.279. The minimum Gasteiger partial charge on any atom is -0.488 e. The van der Waals surface area contributed by atoms with Crippen LogP contribution in [-0.2, 0) is 6.61 Å². The summed E-state index contributed by atoms with van der Waals surface area (Å²) in [5.74, 6) is 0.732. The summed E-state index contributed by atoms with van der Waals surface area (Å²) in [4.78, 5) is 12.5. The second-order valence-corrected chi connectivity index (χ2v) is 6.76. The molecule has 2 aromatic rings. The van der Waals surface area contributed by atoms with Gasteiger partial charge in [0, 0.05) is 6.04 Å². The zero-order valence-electron chi connectivity index (χ0n) is 15.1. The highest BCUT2D eigenvalue weighted by molar-refractivity contribution is 5.97. The van der Waals surface area contributed by atoms with Crippen LogP contribution in [-0.4, -0.2) is 11.9 Å². The first-order chi connectivity index (χ1) is 12.0. The Bertz CT molecular complexity index is 683. The third kappa shape index (κ3) is 6.22. The van der Waals surface area contributed by atoms with E-state index >= 15 is 0 Å². The molecule has 1 unspecified atom stereocenters. The Labute approximate surface area is 149 Å². The molecular weight excluding hydrogens is 317 g/mol. The fourth-order valence-corrected chi connectivity index (χ4v) is 2.48. The first kappa shape index (κ1) is 19.0. The third-order valence-electron chi connectivity index (χ3n) is 3.99. The van der Waals surface area contributed by atoms with E-state index in [0.717, 1.165) is 18.4 Å². The van der Waals surface area contributed by atoms with Crippen molar-refractivity contribution >= 4 is 5.91 Å². The van der Waals surface area contributed by atoms with Gasteiger partial charge in [0.25, 0.3) is 5.91 Å². The molecule has 3 nitrogen and oxygen atoms in total. The van der Waals surface area contributed by atoms with Gasteiger partial charge in [0.1, 0.15) is 18.2 Å². The van der Waals surface area contributed by atoms with Crippen LogP contribution >= 0.6 is 0 Å². The molecule has 0 saturated carbocycles. The van der Waals surface area contributed by atoms with Gasteiger partial charge < -0.3 is 10.1 Å². The summed E-state index contributed by atoms with van der Waals surface area (Å²) in [6, 6.07) is 13.4. The molecule has 1 amide bonds. The topological polar surface area (TPSA) is 38.3 Å². The van der Waals surface area contributed by atoms with Gasteiger partial charge in [0.05, 0.1) is 5.56 Å². The lowest BCUT2D eigenvalue weighted by Gasteiger charge is -2.17. The summed E-state index contributed by atoms with van der Waals surface area (Å²) in [6.07, 6.45) is 2.02. The zero-order valence-corrected chi connectivity index (χ0v) is 15.1. The van der Waals surface area contributed by atoms with Crippen molar-refractivity contribution in [1.29, 1.82) is 0 Å². The second kappa shape index (κ2) is 9.21. The predicted molar refractivity (Wildman–Crippen MR) is 98.2 cm³/mol. The lowest BCUT2D eigenvalue weighted by Crippen LogP contribution is -2.33. The van der Waals surface area contributed by atoms with Crippen molar-refractivity contribution in [2.75, 3.05) is 0 Å². The van der Waals surface area contributed by atoms with Gasteiger partial charge in [0.2, 0.25) is 0 Å². The molecule has 0 aliphatic heterocycles. The van der Waals surface area contributed by atoms with Crippen molar-refractivity contribution in [2.45, 2.75) is 46.3 Å². The van der Waals surface area contributed by atoms with E-state index in [1.54, 1.807) is 24.3 Å². The van der Waals surface area contributed by atoms with Gasteiger partial charge in [-0.15, -0.1) is 0 Å². The molecule has 4 heteroatoms. The van der Waals surface area contributed by atoms with Crippen LogP contribution < -0.4 is 10.1 Å². The standard InChI is InChI=1S/C21H26FNO2/c1-15(2)8-9-16(3)23-21(24)19-6-4-5-7-20(19)25-14-17-10-12-18(22)13-11-17/h4-7,10-13,15-16H,8-9,14H2,1-3H3,(H,23,24). The summed E-state index contributed by atoms with van der Waals surface area (Å²) in [5.41, 5.74) is 1.36. The summed E-state index contributed by atoms with van der Waals surface area (Å²) < 4.78 is 18.7. The molecule has 0 radical (unpaired) electrons. The number of para-hydroxylation sites is 1. The lowest BCUT2D eigenvalue weighted by molar-refractivity contribution is 0.0932. The molecule has 0 fully saturated rings. The molecule has 1 atom stereocenters. The quantitative estimate of drug-likeness (QED) is 0.736. The second-order valence-electron chi connectivity index (χ2n) is 6.76. The van der Waals surface area contributed by atoms with Crippen LogP contribution in [0.1, 0.15) is 49.5 Å². The maximum Gasteiger partial charge on any atom is 0.255 e. The highest BCUT2D eigenvalue weighted by Gasteiger charge is 2.15. The highest BCUT2D eigenvalue weighted by atomic mass is 19.1. The number of hydrogen-bond acceptors (Lipinski definition) is 2. The Hall–Kier alpha value is -2.36. The number of benzene rings is 2. The van der Waals surface area contributed by atoms with Crippen LogP contribution in [0.5, 0.6) is 5.75 Å². The molecular formula is C21H26FNO2. The summed E-state index contributed by atoms with van der Waals surface area (Å²) >= 11 is 0. The molecule has 0 bridgehead atoms. The van der Waals surface area contributed by atoms with Gasteiger partial charge in [-0.1, -0.05) is 38.1 Å². The molecule has 0 spiro atoms. The molecule has 0 aliphatic carbocycles. The van der Waals surface area contributed by atoms with Gasteiger partial charge in [-0.25, -0.2) is 4.39 Å². The number of amides is 1. The van der Waals surface area contributed by atoms with E-state index in [-0.39, 0.29) is 24.4 Å². The number of carbonyl (C=O) groups is 1. The Morgan fingerprint density at radius 1 is 1.04 bits per heavy atom. The monoisotopic (exact) mass is 343 g/mol. The smallest absolute Gasteiger partial charge is 0.255 e. The normalized spacial score (nSPS) is 12.0. The largest absolute Gasteiger partial charge is 0.488 e. The molecule has 2 aromatic carbocycles. The third-order valence-corrected chi connectivity index (χ3v) is 3.99. The Balaban J connectivity index is 1.99. The Kier molecular flexibility index (Phi) is 6.99. The van der Waals surface area contributed by atoms with E-state index < -0.39 is 0 Å². The van der Waals surface area contributed by atoms with Crippen molar-refractivity contribution in [1.82, 2.24) is 5.32 Å². The number of halogens is 1. The van der Waals surface area contributed by atoms with Crippen LogP contribution in [0, 0.1) is 11.7 Å². The van der Waals surface area contributed by atoms with Crippen LogP contribution in [0.25, 0.3) is 0 Å². The van der Waals surface area contributed by atoms with Gasteiger partial charge in [0.15, 0.2) is 0 Å². The molecule has 134 valence electrons. The first-order valence-electron chi connectivity index (χ1n) is 8.73. The first-order valence-corrected chi connectivity index (χ1v) is 8.73. The maximum absolute atomic E-state index is 13.0. The van der Waals surface area contributed by atoms with Crippen molar-refractivity contribution in [3.8, 4) is 5.75 Å². The summed E-state index contributed by atoms with van der Waals surface area (Å²) in [7, 11) is 0. The fourth-order valence-electron chi connectivity index (χ4n) is 2.48. The SMILES string of the molecule is CC(C)CCC(C)NC(=O)c1ccccc1OCc1ccc(F)cc1.